The first kappa shape index (κ1) is 19.4. The third-order valence-electron chi connectivity index (χ3n) is 5.01. The third kappa shape index (κ3) is 4.67. The van der Waals surface area contributed by atoms with Gasteiger partial charge in [0, 0.05) is 25.2 Å². The van der Waals surface area contributed by atoms with Gasteiger partial charge in [0.25, 0.3) is 0 Å². The largest absolute Gasteiger partial charge is 0.361 e. The predicted molar refractivity (Wildman–Crippen MR) is 104 cm³/mol. The molecule has 0 bridgehead atoms. The highest BCUT2D eigenvalue weighted by Crippen LogP contribution is 2.30. The van der Waals surface area contributed by atoms with Crippen LogP contribution in [0.1, 0.15) is 38.0 Å². The average Bonchev–Trinajstić information content (AvgIpc) is 3.14. The van der Waals surface area contributed by atoms with E-state index in [1.54, 1.807) is 4.68 Å². The summed E-state index contributed by atoms with van der Waals surface area (Å²) in [4.78, 5) is 2.47. The van der Waals surface area contributed by atoms with Crippen molar-refractivity contribution in [3.63, 3.8) is 0 Å². The average molecular weight is 380 g/mol. The van der Waals surface area contributed by atoms with Crippen LogP contribution >= 0.6 is 11.6 Å². The van der Waals surface area contributed by atoms with Crippen LogP contribution in [0.5, 0.6) is 0 Å². The number of nitrogens with one attached hydrogen (secondary N) is 1. The van der Waals surface area contributed by atoms with Crippen LogP contribution in [0.2, 0.25) is 5.15 Å². The molecular formula is C19H30ClN5O. The van der Waals surface area contributed by atoms with Gasteiger partial charge in [-0.05, 0) is 57.8 Å². The monoisotopic (exact) mass is 379 g/mol. The lowest BCUT2D eigenvalue weighted by Gasteiger charge is -2.32. The zero-order valence-electron chi connectivity index (χ0n) is 16.3. The first-order valence-electron chi connectivity index (χ1n) is 9.52. The minimum atomic E-state index is 0.682. The van der Waals surface area contributed by atoms with E-state index in [-0.39, 0.29) is 0 Å². The van der Waals surface area contributed by atoms with E-state index in [2.05, 4.69) is 34.3 Å². The van der Waals surface area contributed by atoms with Gasteiger partial charge in [-0.1, -0.05) is 30.6 Å². The highest BCUT2D eigenvalue weighted by atomic mass is 35.5. The second-order valence-corrected chi connectivity index (χ2v) is 8.19. The van der Waals surface area contributed by atoms with Gasteiger partial charge in [0.2, 0.25) is 0 Å². The van der Waals surface area contributed by atoms with Crippen molar-refractivity contribution in [2.75, 3.05) is 26.2 Å². The molecule has 144 valence electrons. The Balaban J connectivity index is 1.60. The Hall–Kier alpha value is -1.37. The molecule has 2 aromatic heterocycles. The Morgan fingerprint density at radius 1 is 1.35 bits per heavy atom. The van der Waals surface area contributed by atoms with E-state index < -0.39 is 0 Å². The van der Waals surface area contributed by atoms with E-state index in [0.29, 0.717) is 11.1 Å². The molecule has 1 aliphatic rings. The molecule has 3 rings (SSSR count). The van der Waals surface area contributed by atoms with Crippen LogP contribution in [0, 0.1) is 18.8 Å². The summed E-state index contributed by atoms with van der Waals surface area (Å²) in [5.41, 5.74) is 2.63. The van der Waals surface area contributed by atoms with Gasteiger partial charge in [-0.25, -0.2) is 0 Å². The molecule has 1 N–H and O–H groups in total. The molecule has 26 heavy (non-hydrogen) atoms. The predicted octanol–water partition coefficient (Wildman–Crippen LogP) is 3.49. The fourth-order valence-corrected chi connectivity index (χ4v) is 3.71. The third-order valence-corrected chi connectivity index (χ3v) is 5.49. The number of hydrogen-bond donors (Lipinski definition) is 1. The van der Waals surface area contributed by atoms with Crippen molar-refractivity contribution in [3.8, 4) is 11.4 Å². The first-order valence-corrected chi connectivity index (χ1v) is 9.90. The summed E-state index contributed by atoms with van der Waals surface area (Å²) in [6.45, 7) is 11.6. The van der Waals surface area contributed by atoms with Crippen molar-refractivity contribution < 1.29 is 4.52 Å². The van der Waals surface area contributed by atoms with E-state index in [1.807, 2.05) is 20.0 Å². The normalized spacial score (nSPS) is 16.7. The summed E-state index contributed by atoms with van der Waals surface area (Å²) in [5.74, 6) is 2.26. The topological polar surface area (TPSA) is 59.1 Å². The second-order valence-electron chi connectivity index (χ2n) is 7.84. The number of nitrogens with zero attached hydrogens (tertiary/aromatic N) is 4. The minimum Gasteiger partial charge on any atom is -0.361 e. The van der Waals surface area contributed by atoms with E-state index in [4.69, 9.17) is 16.1 Å². The van der Waals surface area contributed by atoms with Crippen molar-refractivity contribution in [2.24, 2.45) is 18.9 Å². The lowest BCUT2D eigenvalue weighted by Crippen LogP contribution is -2.37. The summed E-state index contributed by atoms with van der Waals surface area (Å²) >= 11 is 6.52. The maximum absolute atomic E-state index is 6.52. The maximum atomic E-state index is 6.52. The van der Waals surface area contributed by atoms with Gasteiger partial charge in [-0.2, -0.15) is 5.10 Å². The molecule has 0 atom stereocenters. The molecule has 0 aromatic carbocycles. The Kier molecular flexibility index (Phi) is 6.37. The Morgan fingerprint density at radius 2 is 2.08 bits per heavy atom. The molecule has 1 fully saturated rings. The van der Waals surface area contributed by atoms with Gasteiger partial charge in [-0.3, -0.25) is 9.58 Å². The number of likely N-dealkylation sites (tertiary alicyclic amines) is 1. The van der Waals surface area contributed by atoms with Gasteiger partial charge in [0.15, 0.2) is 0 Å². The lowest BCUT2D eigenvalue weighted by atomic mass is 9.96. The Morgan fingerprint density at radius 3 is 2.69 bits per heavy atom. The summed E-state index contributed by atoms with van der Waals surface area (Å²) in [6.07, 6.45) is 2.45. The smallest absolute Gasteiger partial charge is 0.134 e. The molecule has 2 aromatic rings. The van der Waals surface area contributed by atoms with Crippen LogP contribution in [0.3, 0.4) is 0 Å². The van der Waals surface area contributed by atoms with Gasteiger partial charge in [0.05, 0.1) is 0 Å². The number of halogens is 1. The number of aryl methyl sites for hydroxylation is 2. The zero-order chi connectivity index (χ0) is 18.7. The summed E-state index contributed by atoms with van der Waals surface area (Å²) in [7, 11) is 1.87. The highest BCUT2D eigenvalue weighted by Gasteiger charge is 2.24. The SMILES string of the molecule is Cc1cc(-c2nn(C)c(Cl)c2CN2CCC(CNCC(C)C)CC2)no1. The molecule has 0 radical (unpaired) electrons. The number of piperidine rings is 1. The second kappa shape index (κ2) is 8.55. The van der Waals surface area contributed by atoms with Crippen molar-refractivity contribution >= 4 is 11.6 Å². The summed E-state index contributed by atoms with van der Waals surface area (Å²) < 4.78 is 6.94. The Bertz CT molecular complexity index is 716. The fourth-order valence-electron chi connectivity index (χ4n) is 3.52. The standard InChI is InChI=1S/C19H30ClN5O/c1-13(2)10-21-11-15-5-7-25(8-6-15)12-16-18(22-24(4)19(16)20)17-9-14(3)26-23-17/h9,13,15,21H,5-8,10-12H2,1-4H3. The van der Waals surface area contributed by atoms with Crippen LogP contribution in [-0.2, 0) is 13.6 Å². The van der Waals surface area contributed by atoms with Gasteiger partial charge >= 0.3 is 0 Å². The molecule has 0 spiro atoms. The molecule has 6 nitrogen and oxygen atoms in total. The molecule has 0 amide bonds. The lowest BCUT2D eigenvalue weighted by molar-refractivity contribution is 0.175. The molecular weight excluding hydrogens is 350 g/mol. The van der Waals surface area contributed by atoms with Gasteiger partial charge < -0.3 is 9.84 Å². The summed E-state index contributed by atoms with van der Waals surface area (Å²) in [5, 5.41) is 12.9. The van der Waals surface area contributed by atoms with Gasteiger partial charge in [-0.15, -0.1) is 0 Å². The van der Waals surface area contributed by atoms with Crippen LogP contribution in [0.25, 0.3) is 11.4 Å². The number of aromatic nitrogens is 3. The fraction of sp³-hybridized carbons (Fsp3) is 0.684. The molecule has 1 aliphatic heterocycles. The van der Waals surface area contributed by atoms with Crippen molar-refractivity contribution in [3.05, 3.63) is 22.5 Å². The van der Waals surface area contributed by atoms with Gasteiger partial charge in [0.1, 0.15) is 22.3 Å². The highest BCUT2D eigenvalue weighted by molar-refractivity contribution is 6.30. The first-order chi connectivity index (χ1) is 12.4. The molecule has 0 unspecified atom stereocenters. The van der Waals surface area contributed by atoms with Crippen LogP contribution in [-0.4, -0.2) is 46.0 Å². The van der Waals surface area contributed by atoms with E-state index >= 15 is 0 Å². The van der Waals surface area contributed by atoms with Crippen LogP contribution in [0.15, 0.2) is 10.6 Å². The van der Waals surface area contributed by atoms with Crippen molar-refractivity contribution in [1.29, 1.82) is 0 Å². The van der Waals surface area contributed by atoms with Crippen LogP contribution in [0.4, 0.5) is 0 Å². The Labute approximate surface area is 160 Å². The number of rotatable bonds is 7. The number of hydrogen-bond acceptors (Lipinski definition) is 5. The summed E-state index contributed by atoms with van der Waals surface area (Å²) in [6, 6.07) is 1.91. The molecule has 7 heteroatoms. The van der Waals surface area contributed by atoms with Crippen molar-refractivity contribution in [2.45, 2.75) is 40.2 Å². The quantitative estimate of drug-likeness (QED) is 0.797. The molecule has 0 aliphatic carbocycles. The molecule has 1 saturated heterocycles. The zero-order valence-corrected chi connectivity index (χ0v) is 17.0. The van der Waals surface area contributed by atoms with Crippen LogP contribution < -0.4 is 5.32 Å². The minimum absolute atomic E-state index is 0.682. The van der Waals surface area contributed by atoms with Crippen molar-refractivity contribution in [1.82, 2.24) is 25.2 Å². The maximum Gasteiger partial charge on any atom is 0.134 e. The van der Waals surface area contributed by atoms with E-state index in [0.717, 1.165) is 61.4 Å². The molecule has 0 saturated carbocycles. The van der Waals surface area contributed by atoms with E-state index in [1.165, 1.54) is 12.8 Å². The molecule has 3 heterocycles. The van der Waals surface area contributed by atoms with E-state index in [9.17, 15) is 0 Å².